The summed E-state index contributed by atoms with van der Waals surface area (Å²) in [5.74, 6) is 0.620. The van der Waals surface area contributed by atoms with Gasteiger partial charge >= 0.3 is 0 Å². The van der Waals surface area contributed by atoms with Gasteiger partial charge in [0.25, 0.3) is 0 Å². The Morgan fingerprint density at radius 2 is 2.28 bits per heavy atom. The van der Waals surface area contributed by atoms with Crippen molar-refractivity contribution < 1.29 is 9.47 Å². The molecule has 5 nitrogen and oxygen atoms in total. The number of hydrogen-bond donors (Lipinski definition) is 1. The van der Waals surface area contributed by atoms with Crippen LogP contribution in [0, 0.1) is 5.41 Å². The minimum absolute atomic E-state index is 0.0263. The Kier molecular flexibility index (Phi) is 5.88. The molecule has 0 aromatic heterocycles. The van der Waals surface area contributed by atoms with Crippen molar-refractivity contribution in [3.8, 4) is 0 Å². The third-order valence-corrected chi connectivity index (χ3v) is 2.93. The zero-order valence-electron chi connectivity index (χ0n) is 12.1. The van der Waals surface area contributed by atoms with Crippen LogP contribution in [0.3, 0.4) is 0 Å². The molecule has 0 aliphatic carbocycles. The van der Waals surface area contributed by atoms with Gasteiger partial charge in [-0.15, -0.1) is 0 Å². The molecule has 5 heteroatoms. The van der Waals surface area contributed by atoms with Crippen LogP contribution in [0.5, 0.6) is 0 Å². The Balaban J connectivity index is 2.44. The minimum Gasteiger partial charge on any atom is -0.381 e. The van der Waals surface area contributed by atoms with E-state index in [1.54, 1.807) is 0 Å². The molecule has 0 bridgehead atoms. The number of aliphatic imine (C=N–C) groups is 1. The maximum atomic E-state index is 6.03. The molecule has 2 N–H and O–H groups in total. The van der Waals surface area contributed by atoms with Gasteiger partial charge < -0.3 is 20.1 Å². The summed E-state index contributed by atoms with van der Waals surface area (Å²) in [5, 5.41) is 0. The molecule has 1 unspecified atom stereocenters. The summed E-state index contributed by atoms with van der Waals surface area (Å²) in [5.41, 5.74) is 6.05. The minimum atomic E-state index is 0.0263. The van der Waals surface area contributed by atoms with E-state index in [0.717, 1.165) is 26.3 Å². The van der Waals surface area contributed by atoms with Crippen molar-refractivity contribution in [3.05, 3.63) is 0 Å². The first-order chi connectivity index (χ1) is 8.44. The molecule has 0 amide bonds. The lowest BCUT2D eigenvalue weighted by molar-refractivity contribution is 0.00514. The Hall–Kier alpha value is -0.810. The fraction of sp³-hybridized carbons (Fsp3) is 0.923. The van der Waals surface area contributed by atoms with Crippen LogP contribution in [-0.4, -0.2) is 56.4 Å². The van der Waals surface area contributed by atoms with Crippen molar-refractivity contribution in [2.24, 2.45) is 16.1 Å². The number of guanidine groups is 1. The monoisotopic (exact) mass is 257 g/mol. The van der Waals surface area contributed by atoms with Gasteiger partial charge in [-0.1, -0.05) is 13.8 Å². The lowest BCUT2D eigenvalue weighted by Gasteiger charge is -2.32. The summed E-state index contributed by atoms with van der Waals surface area (Å²) in [6, 6.07) is 0. The van der Waals surface area contributed by atoms with Crippen LogP contribution in [-0.2, 0) is 9.47 Å². The van der Waals surface area contributed by atoms with Crippen LogP contribution in [0.4, 0.5) is 0 Å². The van der Waals surface area contributed by atoms with E-state index in [1.807, 2.05) is 6.92 Å². The summed E-state index contributed by atoms with van der Waals surface area (Å²) >= 11 is 0. The van der Waals surface area contributed by atoms with E-state index < -0.39 is 0 Å². The number of nitrogens with two attached hydrogens (primary N) is 1. The lowest BCUT2D eigenvalue weighted by atomic mass is 9.95. The largest absolute Gasteiger partial charge is 0.381 e. The average molecular weight is 257 g/mol. The maximum absolute atomic E-state index is 6.03. The normalized spacial score (nSPS) is 22.3. The Morgan fingerprint density at radius 1 is 1.56 bits per heavy atom. The zero-order valence-corrected chi connectivity index (χ0v) is 12.1. The predicted octanol–water partition coefficient (Wildman–Crippen LogP) is 1.08. The SMILES string of the molecule is CCOCC(C)(C)CN=C(N)N1CCOC(C)C1. The van der Waals surface area contributed by atoms with E-state index in [9.17, 15) is 0 Å². The van der Waals surface area contributed by atoms with Crippen LogP contribution in [0.25, 0.3) is 0 Å². The van der Waals surface area contributed by atoms with Gasteiger partial charge in [-0.3, -0.25) is 4.99 Å². The van der Waals surface area contributed by atoms with E-state index in [2.05, 4.69) is 30.7 Å². The predicted molar refractivity (Wildman–Crippen MR) is 73.8 cm³/mol. The lowest BCUT2D eigenvalue weighted by Crippen LogP contribution is -2.48. The molecule has 1 saturated heterocycles. The van der Waals surface area contributed by atoms with Gasteiger partial charge in [-0.2, -0.15) is 0 Å². The van der Waals surface area contributed by atoms with Gasteiger partial charge in [-0.05, 0) is 13.8 Å². The van der Waals surface area contributed by atoms with Crippen LogP contribution in [0.1, 0.15) is 27.7 Å². The van der Waals surface area contributed by atoms with Crippen molar-refractivity contribution in [2.45, 2.75) is 33.8 Å². The molecule has 1 rings (SSSR count). The van der Waals surface area contributed by atoms with E-state index in [0.29, 0.717) is 19.1 Å². The average Bonchev–Trinajstić information content (AvgIpc) is 2.34. The van der Waals surface area contributed by atoms with Crippen molar-refractivity contribution in [1.29, 1.82) is 0 Å². The number of nitrogens with zero attached hydrogens (tertiary/aromatic N) is 2. The molecule has 18 heavy (non-hydrogen) atoms. The van der Waals surface area contributed by atoms with Crippen LogP contribution in [0.2, 0.25) is 0 Å². The van der Waals surface area contributed by atoms with Crippen molar-refractivity contribution >= 4 is 5.96 Å². The summed E-state index contributed by atoms with van der Waals surface area (Å²) in [4.78, 5) is 6.58. The highest BCUT2D eigenvalue weighted by atomic mass is 16.5. The molecule has 1 atom stereocenters. The Bertz CT molecular complexity index is 279. The quantitative estimate of drug-likeness (QED) is 0.591. The molecule has 0 saturated carbocycles. The highest BCUT2D eigenvalue weighted by Gasteiger charge is 2.21. The van der Waals surface area contributed by atoms with E-state index in [-0.39, 0.29) is 11.5 Å². The van der Waals surface area contributed by atoms with Crippen LogP contribution >= 0.6 is 0 Å². The van der Waals surface area contributed by atoms with Gasteiger partial charge in [0.05, 0.1) is 25.9 Å². The topological polar surface area (TPSA) is 60.1 Å². The molecule has 1 aliphatic rings. The Morgan fingerprint density at radius 3 is 2.89 bits per heavy atom. The second-order valence-electron chi connectivity index (χ2n) is 5.60. The number of hydrogen-bond acceptors (Lipinski definition) is 3. The first-order valence-electron chi connectivity index (χ1n) is 6.69. The van der Waals surface area contributed by atoms with Crippen molar-refractivity contribution in [1.82, 2.24) is 4.90 Å². The van der Waals surface area contributed by atoms with Gasteiger partial charge in [-0.25, -0.2) is 0 Å². The second-order valence-corrected chi connectivity index (χ2v) is 5.60. The van der Waals surface area contributed by atoms with E-state index in [1.165, 1.54) is 0 Å². The highest BCUT2D eigenvalue weighted by molar-refractivity contribution is 5.78. The molecule has 1 heterocycles. The third kappa shape index (κ3) is 5.23. The molecule has 106 valence electrons. The summed E-state index contributed by atoms with van der Waals surface area (Å²) < 4.78 is 10.9. The molecule has 0 aromatic carbocycles. The fourth-order valence-corrected chi connectivity index (χ4v) is 1.85. The van der Waals surface area contributed by atoms with Gasteiger partial charge in [0.2, 0.25) is 0 Å². The zero-order chi connectivity index (χ0) is 13.6. The first-order valence-corrected chi connectivity index (χ1v) is 6.69. The summed E-state index contributed by atoms with van der Waals surface area (Å²) in [6.45, 7) is 12.8. The molecule has 0 radical (unpaired) electrons. The molecule has 0 spiro atoms. The molecule has 1 fully saturated rings. The fourth-order valence-electron chi connectivity index (χ4n) is 1.85. The molecular weight excluding hydrogens is 230 g/mol. The molecular formula is C13H27N3O2. The van der Waals surface area contributed by atoms with Gasteiger partial charge in [0, 0.05) is 25.1 Å². The Labute approximate surface area is 110 Å². The van der Waals surface area contributed by atoms with Crippen molar-refractivity contribution in [2.75, 3.05) is 39.5 Å². The highest BCUT2D eigenvalue weighted by Crippen LogP contribution is 2.16. The number of morpholine rings is 1. The summed E-state index contributed by atoms with van der Waals surface area (Å²) in [7, 11) is 0. The molecule has 0 aromatic rings. The number of rotatable bonds is 5. The van der Waals surface area contributed by atoms with Crippen LogP contribution < -0.4 is 5.73 Å². The van der Waals surface area contributed by atoms with E-state index in [4.69, 9.17) is 15.2 Å². The standard InChI is InChI=1S/C13H27N3O2/c1-5-17-10-13(3,4)9-15-12(14)16-6-7-18-11(2)8-16/h11H,5-10H2,1-4H3,(H2,14,15). The molecule has 1 aliphatic heterocycles. The van der Waals surface area contributed by atoms with Gasteiger partial charge in [0.1, 0.15) is 0 Å². The third-order valence-electron chi connectivity index (χ3n) is 2.93. The first kappa shape index (κ1) is 15.2. The maximum Gasteiger partial charge on any atom is 0.191 e. The van der Waals surface area contributed by atoms with E-state index >= 15 is 0 Å². The summed E-state index contributed by atoms with van der Waals surface area (Å²) in [6.07, 6.45) is 0.226. The van der Waals surface area contributed by atoms with Crippen molar-refractivity contribution in [3.63, 3.8) is 0 Å². The van der Waals surface area contributed by atoms with Crippen LogP contribution in [0.15, 0.2) is 4.99 Å². The smallest absolute Gasteiger partial charge is 0.191 e. The number of ether oxygens (including phenoxy) is 2. The van der Waals surface area contributed by atoms with Gasteiger partial charge in [0.15, 0.2) is 5.96 Å². The second kappa shape index (κ2) is 6.95.